The summed E-state index contributed by atoms with van der Waals surface area (Å²) in [5, 5.41) is 6.15. The maximum absolute atomic E-state index is 11.8. The standard InChI is InChI=1S/C15H22ClN3O2.ClH/c1-11(17)8-10-18-14(20)3-2-9-19-15(21)12-4-6-13(16)7-5-12;/h4-7,11H,2-3,8-10,17H2,1H3,(H,18,20)(H,19,21);1H. The van der Waals surface area contributed by atoms with Crippen LogP contribution < -0.4 is 16.4 Å². The van der Waals surface area contributed by atoms with Crippen molar-refractivity contribution in [2.45, 2.75) is 32.2 Å². The van der Waals surface area contributed by atoms with Crippen molar-refractivity contribution >= 4 is 35.8 Å². The highest BCUT2D eigenvalue weighted by Gasteiger charge is 2.05. The van der Waals surface area contributed by atoms with Crippen molar-refractivity contribution < 1.29 is 9.59 Å². The molecule has 7 heteroatoms. The van der Waals surface area contributed by atoms with Gasteiger partial charge in [-0.3, -0.25) is 9.59 Å². The molecule has 0 spiro atoms. The van der Waals surface area contributed by atoms with Crippen molar-refractivity contribution in [2.75, 3.05) is 13.1 Å². The molecule has 0 heterocycles. The minimum absolute atomic E-state index is 0. The molecule has 1 rings (SSSR count). The number of amides is 2. The first kappa shape index (κ1) is 20.7. The van der Waals surface area contributed by atoms with E-state index in [0.717, 1.165) is 6.42 Å². The topological polar surface area (TPSA) is 84.2 Å². The van der Waals surface area contributed by atoms with Crippen molar-refractivity contribution in [1.29, 1.82) is 0 Å². The number of hydrogen-bond donors (Lipinski definition) is 3. The number of nitrogens with two attached hydrogens (primary N) is 1. The van der Waals surface area contributed by atoms with Gasteiger partial charge in [0.1, 0.15) is 0 Å². The number of carbonyl (C=O) groups is 2. The summed E-state index contributed by atoms with van der Waals surface area (Å²) < 4.78 is 0. The Labute approximate surface area is 142 Å². The molecule has 0 saturated carbocycles. The van der Waals surface area contributed by atoms with E-state index in [1.54, 1.807) is 24.3 Å². The van der Waals surface area contributed by atoms with Crippen LogP contribution in [-0.4, -0.2) is 30.9 Å². The maximum Gasteiger partial charge on any atom is 0.251 e. The van der Waals surface area contributed by atoms with Gasteiger partial charge in [-0.25, -0.2) is 0 Å². The molecule has 0 saturated heterocycles. The third-order valence-electron chi connectivity index (χ3n) is 2.89. The van der Waals surface area contributed by atoms with Gasteiger partial charge < -0.3 is 16.4 Å². The van der Waals surface area contributed by atoms with Crippen LogP contribution >= 0.6 is 24.0 Å². The summed E-state index contributed by atoms with van der Waals surface area (Å²) in [5.74, 6) is -0.180. The van der Waals surface area contributed by atoms with Gasteiger partial charge >= 0.3 is 0 Å². The van der Waals surface area contributed by atoms with Gasteiger partial charge in [0.05, 0.1) is 0 Å². The lowest BCUT2D eigenvalue weighted by molar-refractivity contribution is -0.121. The van der Waals surface area contributed by atoms with Crippen LogP contribution in [-0.2, 0) is 4.79 Å². The molecule has 22 heavy (non-hydrogen) atoms. The van der Waals surface area contributed by atoms with Gasteiger partial charge in [-0.2, -0.15) is 0 Å². The Morgan fingerprint density at radius 3 is 2.41 bits per heavy atom. The molecule has 5 nitrogen and oxygen atoms in total. The fourth-order valence-corrected chi connectivity index (χ4v) is 1.81. The van der Waals surface area contributed by atoms with E-state index >= 15 is 0 Å². The average Bonchev–Trinajstić information content (AvgIpc) is 2.43. The maximum atomic E-state index is 11.8. The third kappa shape index (κ3) is 8.87. The van der Waals surface area contributed by atoms with Crippen molar-refractivity contribution in [3.8, 4) is 0 Å². The van der Waals surface area contributed by atoms with E-state index in [0.29, 0.717) is 36.5 Å². The van der Waals surface area contributed by atoms with Crippen molar-refractivity contribution in [3.05, 3.63) is 34.9 Å². The van der Waals surface area contributed by atoms with Crippen LogP contribution in [0.1, 0.15) is 36.5 Å². The Morgan fingerprint density at radius 1 is 1.18 bits per heavy atom. The summed E-state index contributed by atoms with van der Waals surface area (Å²) in [5.41, 5.74) is 6.15. The zero-order chi connectivity index (χ0) is 15.7. The van der Waals surface area contributed by atoms with Gasteiger partial charge in [0.25, 0.3) is 5.91 Å². The number of hydrogen-bond acceptors (Lipinski definition) is 3. The van der Waals surface area contributed by atoms with Crippen molar-refractivity contribution in [3.63, 3.8) is 0 Å². The van der Waals surface area contributed by atoms with Gasteiger partial charge in [0, 0.05) is 36.1 Å². The minimum Gasteiger partial charge on any atom is -0.356 e. The van der Waals surface area contributed by atoms with Crippen LogP contribution in [0, 0.1) is 0 Å². The monoisotopic (exact) mass is 347 g/mol. The van der Waals surface area contributed by atoms with Crippen molar-refractivity contribution in [2.24, 2.45) is 5.73 Å². The predicted octanol–water partition coefficient (Wildman–Crippen LogP) is 2.13. The van der Waals surface area contributed by atoms with Crippen LogP contribution in [0.2, 0.25) is 5.02 Å². The Morgan fingerprint density at radius 2 is 1.82 bits per heavy atom. The lowest BCUT2D eigenvalue weighted by Crippen LogP contribution is -2.30. The second-order valence-electron chi connectivity index (χ2n) is 4.98. The molecule has 1 aromatic carbocycles. The molecule has 1 unspecified atom stereocenters. The van der Waals surface area contributed by atoms with E-state index in [-0.39, 0.29) is 30.3 Å². The first-order chi connectivity index (χ1) is 9.99. The number of rotatable bonds is 8. The third-order valence-corrected chi connectivity index (χ3v) is 3.15. The van der Waals surface area contributed by atoms with Gasteiger partial charge in [0.15, 0.2) is 0 Å². The molecule has 0 aliphatic rings. The predicted molar refractivity (Wildman–Crippen MR) is 91.5 cm³/mol. The van der Waals surface area contributed by atoms with E-state index in [9.17, 15) is 9.59 Å². The molecule has 0 radical (unpaired) electrons. The molecular weight excluding hydrogens is 325 g/mol. The zero-order valence-corrected chi connectivity index (χ0v) is 14.2. The SMILES string of the molecule is CC(N)CCNC(=O)CCCNC(=O)c1ccc(Cl)cc1.Cl. The summed E-state index contributed by atoms with van der Waals surface area (Å²) in [7, 11) is 0. The fraction of sp³-hybridized carbons (Fsp3) is 0.467. The summed E-state index contributed by atoms with van der Waals surface area (Å²) in [4.78, 5) is 23.3. The summed E-state index contributed by atoms with van der Waals surface area (Å²) in [6.07, 6.45) is 1.75. The Hall–Kier alpha value is -1.30. The second kappa shape index (κ2) is 11.3. The van der Waals surface area contributed by atoms with E-state index < -0.39 is 0 Å². The lowest BCUT2D eigenvalue weighted by Gasteiger charge is -2.08. The van der Waals surface area contributed by atoms with Crippen LogP contribution in [0.5, 0.6) is 0 Å². The largest absolute Gasteiger partial charge is 0.356 e. The Balaban J connectivity index is 0.00000441. The highest BCUT2D eigenvalue weighted by molar-refractivity contribution is 6.30. The molecule has 0 aliphatic heterocycles. The molecule has 0 bridgehead atoms. The van der Waals surface area contributed by atoms with E-state index in [1.807, 2.05) is 6.92 Å². The van der Waals surface area contributed by atoms with Gasteiger partial charge in [-0.05, 0) is 44.0 Å². The number of nitrogens with one attached hydrogen (secondary N) is 2. The zero-order valence-electron chi connectivity index (χ0n) is 12.6. The molecule has 0 aromatic heterocycles. The number of halogens is 2. The van der Waals surface area contributed by atoms with Crippen LogP contribution in [0.25, 0.3) is 0 Å². The average molecular weight is 348 g/mol. The summed E-state index contributed by atoms with van der Waals surface area (Å²) >= 11 is 5.76. The van der Waals surface area contributed by atoms with E-state index in [1.165, 1.54) is 0 Å². The highest BCUT2D eigenvalue weighted by atomic mass is 35.5. The van der Waals surface area contributed by atoms with E-state index in [4.69, 9.17) is 17.3 Å². The van der Waals surface area contributed by atoms with Crippen molar-refractivity contribution in [1.82, 2.24) is 10.6 Å². The number of benzene rings is 1. The van der Waals surface area contributed by atoms with Gasteiger partial charge in [-0.1, -0.05) is 11.6 Å². The second-order valence-corrected chi connectivity index (χ2v) is 5.42. The molecule has 2 amide bonds. The quantitative estimate of drug-likeness (QED) is 0.629. The van der Waals surface area contributed by atoms with Gasteiger partial charge in [0.2, 0.25) is 5.91 Å². The summed E-state index contributed by atoms with van der Waals surface area (Å²) in [6, 6.07) is 6.76. The molecule has 124 valence electrons. The summed E-state index contributed by atoms with van der Waals surface area (Å²) in [6.45, 7) is 2.95. The fourth-order valence-electron chi connectivity index (χ4n) is 1.68. The molecule has 4 N–H and O–H groups in total. The highest BCUT2D eigenvalue weighted by Crippen LogP contribution is 2.09. The van der Waals surface area contributed by atoms with E-state index in [2.05, 4.69) is 10.6 Å². The first-order valence-electron chi connectivity index (χ1n) is 7.05. The normalized spacial score (nSPS) is 11.2. The minimum atomic E-state index is -0.163. The lowest BCUT2D eigenvalue weighted by atomic mass is 10.2. The molecule has 0 aliphatic carbocycles. The molecule has 1 aromatic rings. The smallest absolute Gasteiger partial charge is 0.251 e. The molecule has 0 fully saturated rings. The van der Waals surface area contributed by atoms with Crippen LogP contribution in [0.15, 0.2) is 24.3 Å². The Kier molecular flexibility index (Phi) is 10.6. The Bertz CT molecular complexity index is 464. The van der Waals surface area contributed by atoms with Crippen LogP contribution in [0.3, 0.4) is 0 Å². The van der Waals surface area contributed by atoms with Crippen LogP contribution in [0.4, 0.5) is 0 Å². The molecule has 1 atom stereocenters. The molecular formula is C15H23Cl2N3O2. The van der Waals surface area contributed by atoms with Gasteiger partial charge in [-0.15, -0.1) is 12.4 Å². The first-order valence-corrected chi connectivity index (χ1v) is 7.43. The number of carbonyl (C=O) groups excluding carboxylic acids is 2.